The van der Waals surface area contributed by atoms with Crippen molar-refractivity contribution in [3.8, 4) is 27.4 Å². The summed E-state index contributed by atoms with van der Waals surface area (Å²) in [5, 5.41) is 2.09. The zero-order chi connectivity index (χ0) is 20.9. The summed E-state index contributed by atoms with van der Waals surface area (Å²) in [7, 11) is 3.61. The Balaban J connectivity index is 1.95. The van der Waals surface area contributed by atoms with Gasteiger partial charge in [0.2, 0.25) is 0 Å². The van der Waals surface area contributed by atoms with Gasteiger partial charge in [0, 0.05) is 35.1 Å². The number of amides is 1. The predicted octanol–water partition coefficient (Wildman–Crippen LogP) is 5.63. The molecule has 5 heteroatoms. The summed E-state index contributed by atoms with van der Waals surface area (Å²) < 4.78 is 7.76. The first kappa shape index (κ1) is 19.8. The molecule has 0 N–H and O–H groups in total. The second kappa shape index (κ2) is 7.06. The predicted molar refractivity (Wildman–Crippen MR) is 120 cm³/mol. The Kier molecular flexibility index (Phi) is 4.82. The molecule has 1 aromatic carbocycles. The molecule has 4 rings (SSSR count). The standard InChI is InChI=1S/C24H28N2O2S/c1-15-12-17-16(13-20(15)28-6)9-10-26-19(23(27)25(5)24(2,3)4)14-18(22(17)26)21-8-7-11-29-21/h7-8,11-14H,9-10H2,1-6H3. The van der Waals surface area contributed by atoms with E-state index in [-0.39, 0.29) is 11.4 Å². The first-order chi connectivity index (χ1) is 13.7. The molecular formula is C24H28N2O2S. The van der Waals surface area contributed by atoms with Gasteiger partial charge in [-0.2, -0.15) is 0 Å². The van der Waals surface area contributed by atoms with E-state index in [1.54, 1.807) is 18.4 Å². The molecule has 0 unspecified atom stereocenters. The summed E-state index contributed by atoms with van der Waals surface area (Å²) in [6.07, 6.45) is 0.886. The average molecular weight is 409 g/mol. The Labute approximate surface area is 176 Å². The molecule has 0 bridgehead atoms. The van der Waals surface area contributed by atoms with Crippen molar-refractivity contribution in [1.29, 1.82) is 0 Å². The molecule has 0 saturated heterocycles. The molecule has 0 spiro atoms. The highest BCUT2D eigenvalue weighted by molar-refractivity contribution is 7.13. The van der Waals surface area contributed by atoms with E-state index in [0.29, 0.717) is 0 Å². The van der Waals surface area contributed by atoms with Crippen molar-refractivity contribution in [2.24, 2.45) is 0 Å². The molecule has 4 nitrogen and oxygen atoms in total. The summed E-state index contributed by atoms with van der Waals surface area (Å²) >= 11 is 1.71. The van der Waals surface area contributed by atoms with E-state index in [2.05, 4.69) is 68.0 Å². The molecule has 0 radical (unpaired) electrons. The number of rotatable bonds is 3. The number of aryl methyl sites for hydroxylation is 2. The molecule has 1 aliphatic rings. The third kappa shape index (κ3) is 3.27. The Morgan fingerprint density at radius 2 is 1.97 bits per heavy atom. The Morgan fingerprint density at radius 3 is 2.59 bits per heavy atom. The molecule has 3 aromatic rings. The number of thiophene rings is 1. The van der Waals surface area contributed by atoms with Crippen molar-refractivity contribution in [3.63, 3.8) is 0 Å². The SMILES string of the molecule is COc1cc2c(cc1C)-c1c(-c3cccs3)cc(C(=O)N(C)C(C)(C)C)n1CC2. The van der Waals surface area contributed by atoms with Crippen molar-refractivity contribution in [3.05, 3.63) is 52.5 Å². The molecule has 0 atom stereocenters. The second-order valence-corrected chi connectivity index (χ2v) is 9.63. The zero-order valence-electron chi connectivity index (χ0n) is 18.0. The molecule has 0 fully saturated rings. The van der Waals surface area contributed by atoms with Crippen LogP contribution in [0.5, 0.6) is 5.75 Å². The van der Waals surface area contributed by atoms with Crippen molar-refractivity contribution in [2.75, 3.05) is 14.2 Å². The van der Waals surface area contributed by atoms with Crippen LogP contribution < -0.4 is 4.74 Å². The van der Waals surface area contributed by atoms with E-state index in [0.717, 1.165) is 41.2 Å². The van der Waals surface area contributed by atoms with E-state index < -0.39 is 0 Å². The van der Waals surface area contributed by atoms with Crippen LogP contribution in [-0.2, 0) is 13.0 Å². The summed E-state index contributed by atoms with van der Waals surface area (Å²) in [6, 6.07) is 10.6. The van der Waals surface area contributed by atoms with E-state index in [1.165, 1.54) is 16.0 Å². The Bertz CT molecular complexity index is 1070. The minimum atomic E-state index is -0.235. The fraction of sp³-hybridized carbons (Fsp3) is 0.375. The maximum absolute atomic E-state index is 13.4. The van der Waals surface area contributed by atoms with Crippen LogP contribution in [0.15, 0.2) is 35.7 Å². The molecule has 152 valence electrons. The minimum Gasteiger partial charge on any atom is -0.496 e. The lowest BCUT2D eigenvalue weighted by Crippen LogP contribution is -2.43. The van der Waals surface area contributed by atoms with Crippen LogP contribution in [0.4, 0.5) is 0 Å². The van der Waals surface area contributed by atoms with Gasteiger partial charge in [0.25, 0.3) is 5.91 Å². The van der Waals surface area contributed by atoms with E-state index >= 15 is 0 Å². The topological polar surface area (TPSA) is 34.5 Å². The fourth-order valence-corrected chi connectivity index (χ4v) is 4.70. The lowest BCUT2D eigenvalue weighted by atomic mass is 9.93. The smallest absolute Gasteiger partial charge is 0.270 e. The van der Waals surface area contributed by atoms with Crippen LogP contribution in [0.1, 0.15) is 42.4 Å². The van der Waals surface area contributed by atoms with Gasteiger partial charge in [-0.15, -0.1) is 11.3 Å². The minimum absolute atomic E-state index is 0.0650. The van der Waals surface area contributed by atoms with Crippen LogP contribution in [0.2, 0.25) is 0 Å². The quantitative estimate of drug-likeness (QED) is 0.563. The molecule has 29 heavy (non-hydrogen) atoms. The lowest BCUT2D eigenvalue weighted by Gasteiger charge is -2.32. The van der Waals surface area contributed by atoms with Crippen LogP contribution in [0.25, 0.3) is 21.7 Å². The average Bonchev–Trinajstić information content (AvgIpc) is 3.33. The van der Waals surface area contributed by atoms with Crippen molar-refractivity contribution < 1.29 is 9.53 Å². The van der Waals surface area contributed by atoms with Gasteiger partial charge < -0.3 is 14.2 Å². The zero-order valence-corrected chi connectivity index (χ0v) is 18.8. The van der Waals surface area contributed by atoms with Gasteiger partial charge in [-0.1, -0.05) is 6.07 Å². The number of methoxy groups -OCH3 is 1. The number of hydrogen-bond donors (Lipinski definition) is 0. The number of benzene rings is 1. The van der Waals surface area contributed by atoms with E-state index in [1.807, 2.05) is 11.9 Å². The number of carbonyl (C=O) groups excluding carboxylic acids is 1. The van der Waals surface area contributed by atoms with Gasteiger partial charge in [0.1, 0.15) is 11.4 Å². The van der Waals surface area contributed by atoms with Gasteiger partial charge in [0.05, 0.1) is 12.8 Å². The van der Waals surface area contributed by atoms with Gasteiger partial charge in [-0.3, -0.25) is 4.79 Å². The highest BCUT2D eigenvalue weighted by Crippen LogP contribution is 2.43. The van der Waals surface area contributed by atoms with E-state index in [9.17, 15) is 4.79 Å². The molecule has 0 aliphatic carbocycles. The molecule has 1 aliphatic heterocycles. The maximum atomic E-state index is 13.4. The highest BCUT2D eigenvalue weighted by Gasteiger charge is 2.31. The monoisotopic (exact) mass is 408 g/mol. The largest absolute Gasteiger partial charge is 0.496 e. The van der Waals surface area contributed by atoms with Crippen LogP contribution in [-0.4, -0.2) is 35.1 Å². The highest BCUT2D eigenvalue weighted by atomic mass is 32.1. The summed E-state index contributed by atoms with van der Waals surface area (Å²) in [5.41, 5.74) is 6.40. The van der Waals surface area contributed by atoms with Crippen molar-refractivity contribution in [2.45, 2.75) is 46.2 Å². The lowest BCUT2D eigenvalue weighted by molar-refractivity contribution is 0.0644. The Morgan fingerprint density at radius 1 is 1.21 bits per heavy atom. The third-order valence-electron chi connectivity index (χ3n) is 5.89. The normalized spacial score (nSPS) is 13.0. The number of carbonyl (C=O) groups is 1. The number of nitrogens with zero attached hydrogens (tertiary/aromatic N) is 2. The second-order valence-electron chi connectivity index (χ2n) is 8.68. The number of aromatic nitrogens is 1. The van der Waals surface area contributed by atoms with E-state index in [4.69, 9.17) is 4.74 Å². The number of hydrogen-bond acceptors (Lipinski definition) is 3. The first-order valence-corrected chi connectivity index (χ1v) is 10.8. The molecular weight excluding hydrogens is 380 g/mol. The van der Waals surface area contributed by atoms with Gasteiger partial charge >= 0.3 is 0 Å². The molecule has 1 amide bonds. The van der Waals surface area contributed by atoms with Crippen LogP contribution in [0, 0.1) is 6.92 Å². The van der Waals surface area contributed by atoms with Gasteiger partial charge in [0.15, 0.2) is 0 Å². The van der Waals surface area contributed by atoms with Crippen molar-refractivity contribution >= 4 is 17.2 Å². The third-order valence-corrected chi connectivity index (χ3v) is 6.80. The maximum Gasteiger partial charge on any atom is 0.270 e. The molecule has 0 saturated carbocycles. The van der Waals surface area contributed by atoms with Gasteiger partial charge in [-0.05, 0) is 74.9 Å². The fourth-order valence-electron chi connectivity index (χ4n) is 3.95. The Hall–Kier alpha value is -2.53. The summed E-state index contributed by atoms with van der Waals surface area (Å²) in [4.78, 5) is 16.4. The molecule has 2 aromatic heterocycles. The summed E-state index contributed by atoms with van der Waals surface area (Å²) in [6.45, 7) is 9.06. The number of ether oxygens (including phenoxy) is 1. The van der Waals surface area contributed by atoms with Gasteiger partial charge in [-0.25, -0.2) is 0 Å². The summed E-state index contributed by atoms with van der Waals surface area (Å²) in [5.74, 6) is 0.987. The first-order valence-electron chi connectivity index (χ1n) is 9.96. The number of fused-ring (bicyclic) bond motifs is 3. The van der Waals surface area contributed by atoms with Crippen LogP contribution >= 0.6 is 11.3 Å². The van der Waals surface area contributed by atoms with Crippen LogP contribution in [0.3, 0.4) is 0 Å². The van der Waals surface area contributed by atoms with Crippen molar-refractivity contribution in [1.82, 2.24) is 9.47 Å². The molecule has 3 heterocycles.